The highest BCUT2D eigenvalue weighted by molar-refractivity contribution is 6.31. The number of nitrogens with zero attached hydrogens (tertiary/aromatic N) is 3. The highest BCUT2D eigenvalue weighted by Crippen LogP contribution is 2.56. The first-order valence-electron chi connectivity index (χ1n) is 12.3. The predicted molar refractivity (Wildman–Crippen MR) is 144 cm³/mol. The summed E-state index contributed by atoms with van der Waals surface area (Å²) in [4.78, 5) is 28.4. The minimum absolute atomic E-state index is 0.00401. The third kappa shape index (κ3) is 5.89. The maximum atomic E-state index is 15.6. The van der Waals surface area contributed by atoms with Gasteiger partial charge in [-0.05, 0) is 30.0 Å². The van der Waals surface area contributed by atoms with Gasteiger partial charge in [-0.2, -0.15) is 5.26 Å². The molecular formula is C28H32Cl2F2N4O2. The quantitative estimate of drug-likeness (QED) is 0.445. The van der Waals surface area contributed by atoms with Crippen molar-refractivity contribution in [1.82, 2.24) is 15.1 Å². The highest BCUT2D eigenvalue weighted by atomic mass is 35.5. The summed E-state index contributed by atoms with van der Waals surface area (Å²) in [5.74, 6) is -2.25. The lowest BCUT2D eigenvalue weighted by Gasteiger charge is -2.38. The third-order valence-electron chi connectivity index (χ3n) is 6.88. The Bertz CT molecular complexity index is 1260. The Morgan fingerprint density at radius 1 is 1.21 bits per heavy atom. The second kappa shape index (κ2) is 11.5. The van der Waals surface area contributed by atoms with Crippen LogP contribution in [0.5, 0.6) is 0 Å². The summed E-state index contributed by atoms with van der Waals surface area (Å²) in [5.41, 5.74) is -1.94. The fraction of sp³-hybridized carbons (Fsp3) is 0.464. The molecule has 0 aliphatic carbocycles. The SMILES string of the molecule is CN(C)C(=O)CCNC(=O)N1C[C@@H](CC(C)(C)C)[C@](C#N)(c2ccc(Cl)cc2F)[C@H]1c1cccc(Cl)c1F. The van der Waals surface area contributed by atoms with Crippen LogP contribution in [0.1, 0.15) is 50.8 Å². The molecule has 0 spiro atoms. The zero-order valence-electron chi connectivity index (χ0n) is 22.1. The Balaban J connectivity index is 2.22. The Kier molecular flexibility index (Phi) is 8.95. The molecule has 0 unspecified atom stereocenters. The van der Waals surface area contributed by atoms with E-state index in [9.17, 15) is 14.9 Å². The summed E-state index contributed by atoms with van der Waals surface area (Å²) in [6.45, 7) is 6.04. The Morgan fingerprint density at radius 3 is 2.47 bits per heavy atom. The van der Waals surface area contributed by atoms with E-state index in [-0.39, 0.29) is 52.0 Å². The Labute approximate surface area is 232 Å². The number of amides is 3. The summed E-state index contributed by atoms with van der Waals surface area (Å²) in [7, 11) is 3.23. The molecular weight excluding hydrogens is 533 g/mol. The number of likely N-dealkylation sites (tertiary alicyclic amines) is 1. The number of nitriles is 1. The van der Waals surface area contributed by atoms with Gasteiger partial charge in [0.2, 0.25) is 5.91 Å². The zero-order chi connectivity index (χ0) is 28.4. The smallest absolute Gasteiger partial charge is 0.318 e. The molecule has 38 heavy (non-hydrogen) atoms. The van der Waals surface area contributed by atoms with Gasteiger partial charge < -0.3 is 15.1 Å². The minimum atomic E-state index is -1.66. The van der Waals surface area contributed by atoms with Gasteiger partial charge >= 0.3 is 6.03 Å². The molecule has 1 saturated heterocycles. The molecule has 0 radical (unpaired) electrons. The van der Waals surface area contributed by atoms with Crippen LogP contribution in [0.2, 0.25) is 10.0 Å². The summed E-state index contributed by atoms with van der Waals surface area (Å²) < 4.78 is 31.2. The number of benzene rings is 2. The van der Waals surface area contributed by atoms with Gasteiger partial charge in [0.15, 0.2) is 0 Å². The van der Waals surface area contributed by atoms with E-state index in [4.69, 9.17) is 23.2 Å². The molecule has 6 nitrogen and oxygen atoms in total. The molecule has 204 valence electrons. The summed E-state index contributed by atoms with van der Waals surface area (Å²) >= 11 is 12.2. The maximum Gasteiger partial charge on any atom is 0.318 e. The topological polar surface area (TPSA) is 76.4 Å². The van der Waals surface area contributed by atoms with Gasteiger partial charge in [0, 0.05) is 55.7 Å². The first-order chi connectivity index (χ1) is 17.7. The fourth-order valence-corrected chi connectivity index (χ4v) is 5.61. The lowest BCUT2D eigenvalue weighted by molar-refractivity contribution is -0.128. The standard InChI is InChI=1S/C28H32Cl2F2N4O2/c1-27(2,3)14-17-15-36(26(38)34-12-11-23(37)35(4)5)25(19-7-6-8-21(30)24(19)32)28(17,16-33)20-10-9-18(29)13-22(20)31/h6-10,13,17,25H,11-12,14-15H2,1-5H3,(H,34,38)/t17-,25-,28-/m1/s1. The number of hydrogen-bond donors (Lipinski definition) is 1. The molecule has 0 saturated carbocycles. The number of hydrogen-bond acceptors (Lipinski definition) is 3. The van der Waals surface area contributed by atoms with Crippen molar-refractivity contribution >= 4 is 35.1 Å². The van der Waals surface area contributed by atoms with E-state index < -0.39 is 35.0 Å². The van der Waals surface area contributed by atoms with Crippen molar-refractivity contribution in [2.75, 3.05) is 27.2 Å². The average Bonchev–Trinajstić information content (AvgIpc) is 3.13. The van der Waals surface area contributed by atoms with Gasteiger partial charge in [-0.1, -0.05) is 62.2 Å². The van der Waals surface area contributed by atoms with Crippen molar-refractivity contribution in [2.45, 2.75) is 45.1 Å². The van der Waals surface area contributed by atoms with Crippen LogP contribution in [0, 0.1) is 34.3 Å². The van der Waals surface area contributed by atoms with E-state index in [0.29, 0.717) is 6.42 Å². The van der Waals surface area contributed by atoms with Gasteiger partial charge in [-0.3, -0.25) is 4.79 Å². The van der Waals surface area contributed by atoms with Crippen LogP contribution in [-0.4, -0.2) is 48.9 Å². The number of urea groups is 1. The van der Waals surface area contributed by atoms with Gasteiger partial charge in [-0.25, -0.2) is 13.6 Å². The first kappa shape index (κ1) is 29.7. The van der Waals surface area contributed by atoms with Crippen LogP contribution in [-0.2, 0) is 10.2 Å². The van der Waals surface area contributed by atoms with E-state index >= 15 is 8.78 Å². The van der Waals surface area contributed by atoms with E-state index in [2.05, 4.69) is 11.4 Å². The van der Waals surface area contributed by atoms with E-state index in [0.717, 1.165) is 6.07 Å². The van der Waals surface area contributed by atoms with Crippen LogP contribution < -0.4 is 5.32 Å². The first-order valence-corrected chi connectivity index (χ1v) is 13.0. The monoisotopic (exact) mass is 564 g/mol. The number of carbonyl (C=O) groups excluding carboxylic acids is 2. The number of halogens is 4. The van der Waals surface area contributed by atoms with Gasteiger partial charge in [0.1, 0.15) is 17.0 Å². The van der Waals surface area contributed by atoms with Gasteiger partial charge in [-0.15, -0.1) is 0 Å². The molecule has 0 aromatic heterocycles. The minimum Gasteiger partial charge on any atom is -0.349 e. The average molecular weight is 565 g/mol. The summed E-state index contributed by atoms with van der Waals surface area (Å²) in [6.07, 6.45) is 0.494. The third-order valence-corrected chi connectivity index (χ3v) is 7.40. The second-order valence-corrected chi connectivity index (χ2v) is 11.9. The number of rotatable bonds is 6. The van der Waals surface area contributed by atoms with Crippen LogP contribution >= 0.6 is 23.2 Å². The van der Waals surface area contributed by atoms with Crippen LogP contribution in [0.25, 0.3) is 0 Å². The van der Waals surface area contributed by atoms with Crippen molar-refractivity contribution in [1.29, 1.82) is 5.26 Å². The molecule has 2 aromatic rings. The van der Waals surface area contributed by atoms with Crippen LogP contribution in [0.15, 0.2) is 36.4 Å². The maximum absolute atomic E-state index is 15.6. The number of carbonyl (C=O) groups is 2. The largest absolute Gasteiger partial charge is 0.349 e. The second-order valence-electron chi connectivity index (χ2n) is 11.0. The molecule has 3 rings (SSSR count). The zero-order valence-corrected chi connectivity index (χ0v) is 23.6. The molecule has 2 aromatic carbocycles. The lowest BCUT2D eigenvalue weighted by atomic mass is 9.63. The van der Waals surface area contributed by atoms with E-state index in [1.807, 2.05) is 20.8 Å². The highest BCUT2D eigenvalue weighted by Gasteiger charge is 2.60. The van der Waals surface area contributed by atoms with Crippen LogP contribution in [0.4, 0.5) is 13.6 Å². The molecule has 1 aliphatic heterocycles. The van der Waals surface area contributed by atoms with Gasteiger partial charge in [0.25, 0.3) is 0 Å². The molecule has 10 heteroatoms. The van der Waals surface area contributed by atoms with Crippen molar-refractivity contribution in [3.8, 4) is 6.07 Å². The normalized spacial score (nSPS) is 21.2. The molecule has 0 bridgehead atoms. The summed E-state index contributed by atoms with van der Waals surface area (Å²) in [5, 5.41) is 13.5. The van der Waals surface area contributed by atoms with E-state index in [1.54, 1.807) is 14.1 Å². The lowest BCUT2D eigenvalue weighted by Crippen LogP contribution is -2.44. The van der Waals surface area contributed by atoms with Crippen molar-refractivity contribution in [3.63, 3.8) is 0 Å². The van der Waals surface area contributed by atoms with Crippen molar-refractivity contribution < 1.29 is 18.4 Å². The van der Waals surface area contributed by atoms with Crippen LogP contribution in [0.3, 0.4) is 0 Å². The Hall–Kier alpha value is -2.89. The van der Waals surface area contributed by atoms with Crippen molar-refractivity contribution in [3.05, 3.63) is 69.2 Å². The van der Waals surface area contributed by atoms with Crippen molar-refractivity contribution in [2.24, 2.45) is 11.3 Å². The molecule has 3 amide bonds. The van der Waals surface area contributed by atoms with Gasteiger partial charge in [0.05, 0.1) is 17.1 Å². The summed E-state index contributed by atoms with van der Waals surface area (Å²) in [6, 6.07) is 8.91. The number of nitrogens with one attached hydrogen (secondary N) is 1. The molecule has 1 fully saturated rings. The molecule has 3 atom stereocenters. The molecule has 1 heterocycles. The molecule has 1 aliphatic rings. The predicted octanol–water partition coefficient (Wildman–Crippen LogP) is 6.33. The Morgan fingerprint density at radius 2 is 1.89 bits per heavy atom. The van der Waals surface area contributed by atoms with E-state index in [1.165, 1.54) is 40.1 Å². The molecule has 1 N–H and O–H groups in total. The fourth-order valence-electron chi connectivity index (χ4n) is 5.27.